The van der Waals surface area contributed by atoms with E-state index in [1.807, 2.05) is 6.92 Å². The van der Waals surface area contributed by atoms with Crippen LogP contribution in [0.25, 0.3) is 0 Å². The third kappa shape index (κ3) is 1.95. The Morgan fingerprint density at radius 2 is 2.25 bits per heavy atom. The lowest BCUT2D eigenvalue weighted by atomic mass is 9.90. The molecule has 0 aromatic heterocycles. The van der Waals surface area contributed by atoms with Crippen molar-refractivity contribution in [2.75, 3.05) is 6.61 Å². The van der Waals surface area contributed by atoms with E-state index in [0.29, 0.717) is 6.42 Å². The summed E-state index contributed by atoms with van der Waals surface area (Å²) in [5, 5.41) is 18.3. The van der Waals surface area contributed by atoms with Crippen molar-refractivity contribution in [3.63, 3.8) is 0 Å². The first-order chi connectivity index (χ1) is 5.69. The summed E-state index contributed by atoms with van der Waals surface area (Å²) in [5.41, 5.74) is 5.48. The summed E-state index contributed by atoms with van der Waals surface area (Å²) in [5.74, 6) is 0.227. The average molecular weight is 175 g/mol. The van der Waals surface area contributed by atoms with E-state index in [1.54, 1.807) is 0 Å². The summed E-state index contributed by atoms with van der Waals surface area (Å²) in [6.45, 7) is 2.00. The first-order valence-corrected chi connectivity index (χ1v) is 4.39. The van der Waals surface area contributed by atoms with Gasteiger partial charge in [-0.1, -0.05) is 13.3 Å². The Morgan fingerprint density at radius 1 is 1.58 bits per heavy atom. The Kier molecular flexibility index (Phi) is 3.46. The van der Waals surface area contributed by atoms with E-state index < -0.39 is 12.3 Å². The van der Waals surface area contributed by atoms with Gasteiger partial charge in [-0.2, -0.15) is 0 Å². The van der Waals surface area contributed by atoms with Crippen molar-refractivity contribution in [1.29, 1.82) is 0 Å². The van der Waals surface area contributed by atoms with Gasteiger partial charge in [-0.15, -0.1) is 0 Å². The Morgan fingerprint density at radius 3 is 2.75 bits per heavy atom. The van der Waals surface area contributed by atoms with Gasteiger partial charge in [0.1, 0.15) is 6.23 Å². The standard InChI is InChI=1S/C8H17NO3/c1-2-5-3-6(11)8(9)12-7(5)4-10/h5-8,10-11H,2-4,9H2,1H3/t5?,6?,7?,8-/m0/s1. The van der Waals surface area contributed by atoms with Crippen LogP contribution in [0.5, 0.6) is 0 Å². The van der Waals surface area contributed by atoms with Crippen LogP contribution in [0, 0.1) is 5.92 Å². The smallest absolute Gasteiger partial charge is 0.132 e. The first-order valence-electron chi connectivity index (χ1n) is 4.39. The fourth-order valence-electron chi connectivity index (χ4n) is 1.62. The van der Waals surface area contributed by atoms with Gasteiger partial charge in [-0.3, -0.25) is 0 Å². The predicted octanol–water partition coefficient (Wildman–Crippen LogP) is -0.561. The molecule has 0 aliphatic carbocycles. The van der Waals surface area contributed by atoms with E-state index in [1.165, 1.54) is 0 Å². The topological polar surface area (TPSA) is 75.7 Å². The van der Waals surface area contributed by atoms with Crippen LogP contribution in [0.3, 0.4) is 0 Å². The molecular weight excluding hydrogens is 158 g/mol. The number of hydrogen-bond donors (Lipinski definition) is 3. The highest BCUT2D eigenvalue weighted by atomic mass is 16.5. The number of rotatable bonds is 2. The van der Waals surface area contributed by atoms with Crippen molar-refractivity contribution in [2.24, 2.45) is 11.7 Å². The van der Waals surface area contributed by atoms with Crippen molar-refractivity contribution in [1.82, 2.24) is 0 Å². The minimum absolute atomic E-state index is 0.0150. The third-order valence-corrected chi connectivity index (χ3v) is 2.49. The summed E-state index contributed by atoms with van der Waals surface area (Å²) in [7, 11) is 0. The van der Waals surface area contributed by atoms with Crippen molar-refractivity contribution in [3.05, 3.63) is 0 Å². The molecule has 0 radical (unpaired) electrons. The van der Waals surface area contributed by atoms with Gasteiger partial charge in [0.05, 0.1) is 18.8 Å². The maximum atomic E-state index is 9.36. The lowest BCUT2D eigenvalue weighted by Gasteiger charge is -2.36. The molecule has 1 heterocycles. The number of aliphatic hydroxyl groups is 2. The second-order valence-electron chi connectivity index (χ2n) is 3.29. The molecule has 0 saturated carbocycles. The van der Waals surface area contributed by atoms with Crippen LogP contribution in [0.15, 0.2) is 0 Å². The molecule has 1 rings (SSSR count). The predicted molar refractivity (Wildman–Crippen MR) is 44.3 cm³/mol. The summed E-state index contributed by atoms with van der Waals surface area (Å²) >= 11 is 0. The SMILES string of the molecule is CCC1CC(O)[C@@H](N)OC1CO. The van der Waals surface area contributed by atoms with Crippen LogP contribution in [0.4, 0.5) is 0 Å². The maximum Gasteiger partial charge on any atom is 0.132 e. The van der Waals surface area contributed by atoms with Gasteiger partial charge in [0.25, 0.3) is 0 Å². The van der Waals surface area contributed by atoms with Crippen molar-refractivity contribution in [2.45, 2.75) is 38.2 Å². The first kappa shape index (κ1) is 9.92. The molecule has 4 N–H and O–H groups in total. The van der Waals surface area contributed by atoms with Crippen molar-refractivity contribution >= 4 is 0 Å². The number of hydrogen-bond acceptors (Lipinski definition) is 4. The second kappa shape index (κ2) is 4.18. The molecule has 1 aliphatic rings. The van der Waals surface area contributed by atoms with E-state index in [4.69, 9.17) is 15.6 Å². The summed E-state index contributed by atoms with van der Waals surface area (Å²) < 4.78 is 5.23. The monoisotopic (exact) mass is 175 g/mol. The molecule has 4 atom stereocenters. The van der Waals surface area contributed by atoms with E-state index in [0.717, 1.165) is 6.42 Å². The van der Waals surface area contributed by atoms with Crippen molar-refractivity contribution < 1.29 is 14.9 Å². The number of ether oxygens (including phenoxy) is 1. The molecule has 3 unspecified atom stereocenters. The Labute approximate surface area is 72.3 Å². The largest absolute Gasteiger partial charge is 0.394 e. The van der Waals surface area contributed by atoms with Gasteiger partial charge < -0.3 is 20.7 Å². The highest BCUT2D eigenvalue weighted by molar-refractivity contribution is 4.81. The molecule has 1 saturated heterocycles. The van der Waals surface area contributed by atoms with E-state index in [9.17, 15) is 5.11 Å². The van der Waals surface area contributed by atoms with Crippen LogP contribution in [0.1, 0.15) is 19.8 Å². The van der Waals surface area contributed by atoms with Crippen LogP contribution in [0.2, 0.25) is 0 Å². The van der Waals surface area contributed by atoms with E-state index in [-0.39, 0.29) is 18.6 Å². The van der Waals surface area contributed by atoms with Crippen LogP contribution in [-0.4, -0.2) is 35.3 Å². The molecule has 0 aromatic rings. The van der Waals surface area contributed by atoms with Gasteiger partial charge >= 0.3 is 0 Å². The highest BCUT2D eigenvalue weighted by Crippen LogP contribution is 2.25. The quantitative estimate of drug-likeness (QED) is 0.526. The number of nitrogens with two attached hydrogens (primary N) is 1. The Hall–Kier alpha value is -0.160. The zero-order chi connectivity index (χ0) is 9.14. The Balaban J connectivity index is 2.52. The van der Waals surface area contributed by atoms with Crippen molar-refractivity contribution in [3.8, 4) is 0 Å². The molecule has 0 bridgehead atoms. The molecular formula is C8H17NO3. The van der Waals surface area contributed by atoms with Crippen LogP contribution in [-0.2, 0) is 4.74 Å². The number of aliphatic hydroxyl groups excluding tert-OH is 2. The zero-order valence-corrected chi connectivity index (χ0v) is 7.31. The summed E-state index contributed by atoms with van der Waals surface area (Å²) in [4.78, 5) is 0. The molecule has 4 heteroatoms. The van der Waals surface area contributed by atoms with E-state index in [2.05, 4.69) is 0 Å². The van der Waals surface area contributed by atoms with Gasteiger partial charge in [0, 0.05) is 0 Å². The molecule has 0 amide bonds. The zero-order valence-electron chi connectivity index (χ0n) is 7.31. The molecule has 0 spiro atoms. The van der Waals surface area contributed by atoms with Gasteiger partial charge in [0.15, 0.2) is 0 Å². The molecule has 1 fully saturated rings. The highest BCUT2D eigenvalue weighted by Gasteiger charge is 2.33. The van der Waals surface area contributed by atoms with Crippen LogP contribution < -0.4 is 5.73 Å². The molecule has 1 aliphatic heterocycles. The van der Waals surface area contributed by atoms with Gasteiger partial charge in [-0.05, 0) is 12.3 Å². The second-order valence-corrected chi connectivity index (χ2v) is 3.29. The summed E-state index contributed by atoms with van der Waals surface area (Å²) in [6, 6.07) is 0. The normalized spacial score (nSPS) is 43.0. The van der Waals surface area contributed by atoms with Crippen LogP contribution >= 0.6 is 0 Å². The fourth-order valence-corrected chi connectivity index (χ4v) is 1.62. The van der Waals surface area contributed by atoms with Gasteiger partial charge in [0.2, 0.25) is 0 Å². The molecule has 4 nitrogen and oxygen atoms in total. The molecule has 12 heavy (non-hydrogen) atoms. The molecule has 72 valence electrons. The molecule has 0 aromatic carbocycles. The minimum Gasteiger partial charge on any atom is -0.394 e. The van der Waals surface area contributed by atoms with Gasteiger partial charge in [-0.25, -0.2) is 0 Å². The fraction of sp³-hybridized carbons (Fsp3) is 1.00. The minimum atomic E-state index is -0.634. The lowest BCUT2D eigenvalue weighted by molar-refractivity contribution is -0.155. The lowest BCUT2D eigenvalue weighted by Crippen LogP contribution is -2.49. The average Bonchev–Trinajstić information content (AvgIpc) is 2.09. The maximum absolute atomic E-state index is 9.36. The third-order valence-electron chi connectivity index (χ3n) is 2.49. The summed E-state index contributed by atoms with van der Waals surface area (Å²) in [6.07, 6.45) is 0.105. The van der Waals surface area contributed by atoms with E-state index >= 15 is 0 Å². The Bertz CT molecular complexity index is 126.